The fourth-order valence-electron chi connectivity index (χ4n) is 2.11. The standard InChI is InChI=1S/C13H15IO2/c1-8-3-5-10(6-4-8)11-7-12(15)16-13(11)9(2)14/h3-6,9,11,13H,7H2,1-2H3/t9-,11+,13-/m0/s1. The summed E-state index contributed by atoms with van der Waals surface area (Å²) in [5, 5.41) is 0. The monoisotopic (exact) mass is 330 g/mol. The average Bonchev–Trinajstić information content (AvgIpc) is 2.61. The second-order valence-electron chi connectivity index (χ2n) is 4.35. The van der Waals surface area contributed by atoms with Crippen molar-refractivity contribution in [3.63, 3.8) is 0 Å². The number of halogens is 1. The van der Waals surface area contributed by atoms with Crippen LogP contribution in [-0.4, -0.2) is 16.0 Å². The van der Waals surface area contributed by atoms with Gasteiger partial charge in [-0.3, -0.25) is 4.79 Å². The predicted molar refractivity (Wildman–Crippen MR) is 71.9 cm³/mol. The van der Waals surface area contributed by atoms with E-state index in [-0.39, 0.29) is 18.0 Å². The molecule has 3 heteroatoms. The Morgan fingerprint density at radius 3 is 2.56 bits per heavy atom. The summed E-state index contributed by atoms with van der Waals surface area (Å²) in [6, 6.07) is 8.39. The zero-order chi connectivity index (χ0) is 11.7. The van der Waals surface area contributed by atoms with E-state index < -0.39 is 0 Å². The molecule has 1 fully saturated rings. The minimum absolute atomic E-state index is 0.0239. The van der Waals surface area contributed by atoms with Gasteiger partial charge in [-0.2, -0.15) is 0 Å². The Labute approximate surface area is 110 Å². The number of hydrogen-bond donors (Lipinski definition) is 0. The van der Waals surface area contributed by atoms with Gasteiger partial charge in [0.25, 0.3) is 0 Å². The lowest BCUT2D eigenvalue weighted by molar-refractivity contribution is -0.141. The van der Waals surface area contributed by atoms with E-state index in [1.54, 1.807) is 0 Å². The van der Waals surface area contributed by atoms with Gasteiger partial charge in [0.15, 0.2) is 0 Å². The van der Waals surface area contributed by atoms with Crippen molar-refractivity contribution in [3.05, 3.63) is 35.4 Å². The van der Waals surface area contributed by atoms with E-state index in [0.717, 1.165) is 0 Å². The van der Waals surface area contributed by atoms with Crippen LogP contribution in [0, 0.1) is 6.92 Å². The highest BCUT2D eigenvalue weighted by Gasteiger charge is 2.38. The fraction of sp³-hybridized carbons (Fsp3) is 0.462. The van der Waals surface area contributed by atoms with Gasteiger partial charge < -0.3 is 4.74 Å². The van der Waals surface area contributed by atoms with Crippen molar-refractivity contribution < 1.29 is 9.53 Å². The Balaban J connectivity index is 2.25. The molecule has 1 aliphatic rings. The summed E-state index contributed by atoms with van der Waals surface area (Å²) in [7, 11) is 0. The first kappa shape index (κ1) is 11.9. The molecule has 1 aromatic carbocycles. The van der Waals surface area contributed by atoms with E-state index in [2.05, 4.69) is 60.7 Å². The van der Waals surface area contributed by atoms with Crippen LogP contribution in [0.5, 0.6) is 0 Å². The molecule has 86 valence electrons. The Morgan fingerprint density at radius 1 is 1.38 bits per heavy atom. The third-order valence-corrected chi connectivity index (χ3v) is 3.72. The third kappa shape index (κ3) is 2.39. The summed E-state index contributed by atoms with van der Waals surface area (Å²) in [5.41, 5.74) is 2.46. The van der Waals surface area contributed by atoms with Gasteiger partial charge >= 0.3 is 5.97 Å². The number of carbonyl (C=O) groups excluding carboxylic acids is 1. The summed E-state index contributed by atoms with van der Waals surface area (Å²) in [6.07, 6.45) is 0.539. The molecule has 1 aliphatic heterocycles. The van der Waals surface area contributed by atoms with Crippen LogP contribution in [0.25, 0.3) is 0 Å². The Kier molecular flexibility index (Phi) is 3.52. The molecule has 1 aromatic rings. The van der Waals surface area contributed by atoms with Gasteiger partial charge in [0, 0.05) is 9.84 Å². The Morgan fingerprint density at radius 2 is 2.00 bits per heavy atom. The lowest BCUT2D eigenvalue weighted by atomic mass is 9.91. The zero-order valence-corrected chi connectivity index (χ0v) is 11.6. The number of alkyl halides is 1. The van der Waals surface area contributed by atoms with Crippen LogP contribution in [0.15, 0.2) is 24.3 Å². The molecule has 0 bridgehead atoms. The summed E-state index contributed by atoms with van der Waals surface area (Å²) in [5.74, 6) is 0.152. The number of benzene rings is 1. The van der Waals surface area contributed by atoms with E-state index in [1.807, 2.05) is 0 Å². The number of carbonyl (C=O) groups is 1. The van der Waals surface area contributed by atoms with E-state index >= 15 is 0 Å². The lowest BCUT2D eigenvalue weighted by Crippen LogP contribution is -2.23. The maximum Gasteiger partial charge on any atom is 0.306 e. The van der Waals surface area contributed by atoms with Crippen molar-refractivity contribution >= 4 is 28.6 Å². The van der Waals surface area contributed by atoms with Crippen molar-refractivity contribution in [3.8, 4) is 0 Å². The maximum absolute atomic E-state index is 11.4. The van der Waals surface area contributed by atoms with Crippen molar-refractivity contribution in [2.75, 3.05) is 0 Å². The molecule has 0 spiro atoms. The van der Waals surface area contributed by atoms with Gasteiger partial charge in [-0.15, -0.1) is 0 Å². The topological polar surface area (TPSA) is 26.3 Å². The minimum atomic E-state index is -0.0703. The van der Waals surface area contributed by atoms with Crippen molar-refractivity contribution in [1.29, 1.82) is 0 Å². The van der Waals surface area contributed by atoms with E-state index in [0.29, 0.717) is 10.3 Å². The van der Waals surface area contributed by atoms with Crippen LogP contribution in [0.1, 0.15) is 30.4 Å². The number of esters is 1. The normalized spacial score (nSPS) is 26.6. The van der Waals surface area contributed by atoms with Crippen LogP contribution in [-0.2, 0) is 9.53 Å². The first-order valence-corrected chi connectivity index (χ1v) is 6.72. The molecule has 0 radical (unpaired) electrons. The molecule has 2 nitrogen and oxygen atoms in total. The van der Waals surface area contributed by atoms with Gasteiger partial charge in [0.2, 0.25) is 0 Å². The fourth-order valence-corrected chi connectivity index (χ4v) is 2.76. The maximum atomic E-state index is 11.4. The second-order valence-corrected chi connectivity index (χ2v) is 6.32. The van der Waals surface area contributed by atoms with Crippen molar-refractivity contribution in [2.24, 2.45) is 0 Å². The minimum Gasteiger partial charge on any atom is -0.461 e. The molecule has 2 rings (SSSR count). The molecule has 16 heavy (non-hydrogen) atoms. The molecule has 0 N–H and O–H groups in total. The van der Waals surface area contributed by atoms with Gasteiger partial charge in [-0.05, 0) is 19.4 Å². The van der Waals surface area contributed by atoms with Gasteiger partial charge in [-0.1, -0.05) is 52.4 Å². The van der Waals surface area contributed by atoms with E-state index in [9.17, 15) is 4.79 Å². The number of ether oxygens (including phenoxy) is 1. The van der Waals surface area contributed by atoms with Crippen LogP contribution >= 0.6 is 22.6 Å². The molecule has 1 saturated heterocycles. The molecule has 0 aliphatic carbocycles. The first-order chi connectivity index (χ1) is 7.58. The molecule has 0 amide bonds. The highest BCUT2D eigenvalue weighted by molar-refractivity contribution is 14.1. The highest BCUT2D eigenvalue weighted by Crippen LogP contribution is 2.36. The van der Waals surface area contributed by atoms with Crippen molar-refractivity contribution in [2.45, 2.75) is 36.2 Å². The molecule has 0 aromatic heterocycles. The second kappa shape index (κ2) is 4.73. The molecule has 0 unspecified atom stereocenters. The van der Waals surface area contributed by atoms with E-state index in [1.165, 1.54) is 11.1 Å². The van der Waals surface area contributed by atoms with Gasteiger partial charge in [0.05, 0.1) is 6.42 Å². The SMILES string of the molecule is Cc1ccc([C@H]2CC(=O)O[C@H]2[C@H](C)I)cc1. The molecular weight excluding hydrogens is 315 g/mol. The van der Waals surface area contributed by atoms with E-state index in [4.69, 9.17) is 4.74 Å². The molecular formula is C13H15IO2. The highest BCUT2D eigenvalue weighted by atomic mass is 127. The quantitative estimate of drug-likeness (QED) is 0.473. The smallest absolute Gasteiger partial charge is 0.306 e. The van der Waals surface area contributed by atoms with Crippen LogP contribution in [0.3, 0.4) is 0 Å². The molecule has 3 atom stereocenters. The summed E-state index contributed by atoms with van der Waals surface area (Å²) >= 11 is 2.33. The predicted octanol–water partition coefficient (Wildman–Crippen LogP) is 3.22. The largest absolute Gasteiger partial charge is 0.461 e. The number of rotatable bonds is 2. The van der Waals surface area contributed by atoms with Crippen molar-refractivity contribution in [1.82, 2.24) is 0 Å². The number of hydrogen-bond acceptors (Lipinski definition) is 2. The van der Waals surface area contributed by atoms with Crippen LogP contribution in [0.4, 0.5) is 0 Å². The first-order valence-electron chi connectivity index (χ1n) is 5.48. The van der Waals surface area contributed by atoms with Gasteiger partial charge in [-0.25, -0.2) is 0 Å². The Hall–Kier alpha value is -0.580. The average molecular weight is 330 g/mol. The Bertz CT molecular complexity index is 383. The zero-order valence-electron chi connectivity index (χ0n) is 9.44. The summed E-state index contributed by atoms with van der Waals surface area (Å²) in [4.78, 5) is 11.4. The summed E-state index contributed by atoms with van der Waals surface area (Å²) < 4.78 is 5.72. The molecule has 0 saturated carbocycles. The lowest BCUT2D eigenvalue weighted by Gasteiger charge is -2.20. The summed E-state index contributed by atoms with van der Waals surface area (Å²) in [6.45, 7) is 4.16. The van der Waals surface area contributed by atoms with Gasteiger partial charge in [0.1, 0.15) is 6.10 Å². The third-order valence-electron chi connectivity index (χ3n) is 3.01. The molecule has 1 heterocycles. The number of aryl methyl sites for hydroxylation is 1. The van der Waals surface area contributed by atoms with Crippen LogP contribution < -0.4 is 0 Å². The number of cyclic esters (lactones) is 1. The van der Waals surface area contributed by atoms with Crippen LogP contribution in [0.2, 0.25) is 0 Å².